The first-order valence-corrected chi connectivity index (χ1v) is 18.2. The van der Waals surface area contributed by atoms with E-state index in [9.17, 15) is 4.11 Å². The number of benzene rings is 8. The van der Waals surface area contributed by atoms with E-state index in [0.29, 0.717) is 27.9 Å². The first-order valence-electron chi connectivity index (χ1n) is 21.2. The second-order valence-corrected chi connectivity index (χ2v) is 13.5. The highest BCUT2D eigenvalue weighted by atomic mass is 16.3. The van der Waals surface area contributed by atoms with Crippen molar-refractivity contribution < 1.29 is 17.1 Å². The fourth-order valence-corrected chi connectivity index (χ4v) is 7.43. The number of aromatic nitrogens is 3. The van der Waals surface area contributed by atoms with Gasteiger partial charge < -0.3 is 8.83 Å². The molecule has 5 nitrogen and oxygen atoms in total. The maximum atomic E-state index is 9.69. The summed E-state index contributed by atoms with van der Waals surface area (Å²) >= 11 is 0. The van der Waals surface area contributed by atoms with E-state index in [4.69, 9.17) is 27.9 Å². The zero-order valence-corrected chi connectivity index (χ0v) is 29.6. The molecule has 262 valence electrons. The van der Waals surface area contributed by atoms with Crippen LogP contribution in [0.5, 0.6) is 0 Å². The Hall–Kier alpha value is -7.63. The summed E-state index contributed by atoms with van der Waals surface area (Å²) in [5.41, 5.74) is 7.15. The Morgan fingerprint density at radius 1 is 0.357 bits per heavy atom. The van der Waals surface area contributed by atoms with Crippen molar-refractivity contribution in [2.45, 2.75) is 0 Å². The van der Waals surface area contributed by atoms with Gasteiger partial charge in [0.2, 0.25) is 0 Å². The van der Waals surface area contributed by atoms with Crippen molar-refractivity contribution in [1.29, 1.82) is 0 Å². The maximum Gasteiger partial charge on any atom is 0.164 e. The number of para-hydroxylation sites is 1. The standard InChI is InChI=1S/C51H31N3O2/c1-4-14-32(15-5-1)36-28-37(33-16-6-2-7-17-33)30-38(29-36)50-52-49(53-51(54-50)42-22-13-25-45-48(42)40-20-10-11-23-43(40)55-45)35-26-27-41-46(31-35)56-44-24-12-21-39(47(41)44)34-18-8-3-9-19-34/h1-31H/i12D,21D,24D,26D,27D,31D. The van der Waals surface area contributed by atoms with Crippen LogP contribution in [-0.2, 0) is 0 Å². The lowest BCUT2D eigenvalue weighted by molar-refractivity contribution is 0.668. The van der Waals surface area contributed by atoms with Crippen LogP contribution in [0.25, 0.3) is 111 Å². The Bertz CT molecular complexity index is 3540. The van der Waals surface area contributed by atoms with Gasteiger partial charge in [0, 0.05) is 38.2 Å². The number of hydrogen-bond acceptors (Lipinski definition) is 5. The molecular weight excluding hydrogens is 687 g/mol. The Kier molecular flexibility index (Phi) is 6.10. The maximum absolute atomic E-state index is 9.69. The van der Waals surface area contributed by atoms with Crippen molar-refractivity contribution in [2.75, 3.05) is 0 Å². The molecule has 0 N–H and O–H groups in total. The van der Waals surface area contributed by atoms with Gasteiger partial charge in [-0.15, -0.1) is 0 Å². The van der Waals surface area contributed by atoms with Gasteiger partial charge in [-0.05, 0) is 81.8 Å². The lowest BCUT2D eigenvalue weighted by Crippen LogP contribution is -2.01. The van der Waals surface area contributed by atoms with Crippen LogP contribution >= 0.6 is 0 Å². The summed E-state index contributed by atoms with van der Waals surface area (Å²) in [6.07, 6.45) is 0. The van der Waals surface area contributed by atoms with E-state index in [-0.39, 0.29) is 86.8 Å². The fraction of sp³-hybridized carbons (Fsp3) is 0. The molecule has 0 aliphatic heterocycles. The monoisotopic (exact) mass is 723 g/mol. The summed E-state index contributed by atoms with van der Waals surface area (Å²) in [5, 5.41) is 1.99. The molecule has 11 rings (SSSR count). The molecule has 0 aliphatic rings. The van der Waals surface area contributed by atoms with Gasteiger partial charge in [-0.3, -0.25) is 0 Å². The van der Waals surface area contributed by atoms with Crippen LogP contribution in [0.15, 0.2) is 197 Å². The van der Waals surface area contributed by atoms with Crippen molar-refractivity contribution in [2.24, 2.45) is 0 Å². The highest BCUT2D eigenvalue weighted by molar-refractivity contribution is 6.13. The third kappa shape index (κ3) is 5.45. The molecule has 3 aromatic heterocycles. The van der Waals surface area contributed by atoms with Crippen molar-refractivity contribution in [3.63, 3.8) is 0 Å². The van der Waals surface area contributed by atoms with E-state index < -0.39 is 0 Å². The molecule has 0 fully saturated rings. The molecule has 8 aromatic carbocycles. The number of furan rings is 2. The van der Waals surface area contributed by atoms with Crippen LogP contribution in [0.3, 0.4) is 0 Å². The minimum Gasteiger partial charge on any atom is -0.456 e. The van der Waals surface area contributed by atoms with Crippen LogP contribution in [0.2, 0.25) is 0 Å². The van der Waals surface area contributed by atoms with Crippen LogP contribution in [-0.4, -0.2) is 15.0 Å². The van der Waals surface area contributed by atoms with Gasteiger partial charge in [0.15, 0.2) is 17.5 Å². The lowest BCUT2D eigenvalue weighted by Gasteiger charge is -2.13. The number of fused-ring (bicyclic) bond motifs is 6. The summed E-state index contributed by atoms with van der Waals surface area (Å²) in [6, 6.07) is 46.8. The van der Waals surface area contributed by atoms with E-state index >= 15 is 0 Å². The number of rotatable bonds is 6. The zero-order valence-electron chi connectivity index (χ0n) is 35.6. The Balaban J connectivity index is 1.22. The predicted octanol–water partition coefficient (Wildman–Crippen LogP) is 13.7. The Morgan fingerprint density at radius 3 is 1.66 bits per heavy atom. The van der Waals surface area contributed by atoms with E-state index in [1.54, 1.807) is 24.3 Å². The first-order chi connectivity index (χ1) is 30.2. The summed E-state index contributed by atoms with van der Waals surface area (Å²) in [7, 11) is 0. The average molecular weight is 724 g/mol. The second kappa shape index (κ2) is 13.0. The molecule has 11 aromatic rings. The molecular formula is C51H31N3O2. The van der Waals surface area contributed by atoms with Crippen molar-refractivity contribution in [1.82, 2.24) is 15.0 Å². The van der Waals surface area contributed by atoms with E-state index in [2.05, 4.69) is 6.07 Å². The summed E-state index contributed by atoms with van der Waals surface area (Å²) in [5.74, 6) is 0.516. The van der Waals surface area contributed by atoms with Gasteiger partial charge in [0.05, 0.1) is 8.22 Å². The van der Waals surface area contributed by atoms with E-state index in [1.807, 2.05) is 121 Å². The molecule has 0 saturated heterocycles. The molecule has 0 amide bonds. The Labute approximate surface area is 330 Å². The van der Waals surface area contributed by atoms with Gasteiger partial charge in [-0.25, -0.2) is 15.0 Å². The summed E-state index contributed by atoms with van der Waals surface area (Å²) in [4.78, 5) is 15.2. The first kappa shape index (κ1) is 26.2. The topological polar surface area (TPSA) is 65.0 Å². The SMILES string of the molecule is [2H]c1c([2H])c(-c2ccccc2)c2c(oc3c([2H])c(-c4nc(-c5cc(-c6ccccc6)cc(-c6ccccc6)c5)nc(-c5cccc6oc7ccccc7c56)n4)c([2H])c([2H])c32)c1[2H]. The van der Waals surface area contributed by atoms with Crippen molar-refractivity contribution >= 4 is 43.9 Å². The van der Waals surface area contributed by atoms with Crippen LogP contribution in [0.1, 0.15) is 8.22 Å². The minimum absolute atomic E-state index is 0.0243. The highest BCUT2D eigenvalue weighted by Crippen LogP contribution is 2.40. The molecule has 5 heteroatoms. The molecule has 0 spiro atoms. The average Bonchev–Trinajstić information content (AvgIpc) is 3.91. The summed E-state index contributed by atoms with van der Waals surface area (Å²) < 4.78 is 67.7. The van der Waals surface area contributed by atoms with Gasteiger partial charge >= 0.3 is 0 Å². The lowest BCUT2D eigenvalue weighted by atomic mass is 9.95. The molecule has 0 atom stereocenters. The molecule has 0 radical (unpaired) electrons. The molecule has 3 heterocycles. The van der Waals surface area contributed by atoms with Crippen molar-refractivity contribution in [3.05, 3.63) is 188 Å². The van der Waals surface area contributed by atoms with Crippen molar-refractivity contribution in [3.8, 4) is 67.5 Å². The number of hydrogen-bond donors (Lipinski definition) is 0. The van der Waals surface area contributed by atoms with Crippen LogP contribution in [0.4, 0.5) is 0 Å². The normalized spacial score (nSPS) is 13.1. The second-order valence-electron chi connectivity index (χ2n) is 13.5. The van der Waals surface area contributed by atoms with Gasteiger partial charge in [-0.1, -0.05) is 139 Å². The number of nitrogens with zero attached hydrogens (tertiary/aromatic N) is 3. The molecule has 56 heavy (non-hydrogen) atoms. The third-order valence-corrected chi connectivity index (χ3v) is 10.0. The predicted molar refractivity (Wildman–Crippen MR) is 227 cm³/mol. The highest BCUT2D eigenvalue weighted by Gasteiger charge is 2.20. The quantitative estimate of drug-likeness (QED) is 0.171. The summed E-state index contributed by atoms with van der Waals surface area (Å²) in [6.45, 7) is 0. The van der Waals surface area contributed by atoms with Gasteiger partial charge in [-0.2, -0.15) is 0 Å². The smallest absolute Gasteiger partial charge is 0.164 e. The molecule has 0 bridgehead atoms. The molecule has 0 unspecified atom stereocenters. The molecule has 0 saturated carbocycles. The van der Waals surface area contributed by atoms with E-state index in [0.717, 1.165) is 33.0 Å². The Morgan fingerprint density at radius 2 is 0.929 bits per heavy atom. The minimum atomic E-state index is -0.347. The molecule has 0 aliphatic carbocycles. The van der Waals surface area contributed by atoms with Crippen LogP contribution < -0.4 is 0 Å². The van der Waals surface area contributed by atoms with Gasteiger partial charge in [0.1, 0.15) is 22.3 Å². The largest absolute Gasteiger partial charge is 0.456 e. The van der Waals surface area contributed by atoms with Gasteiger partial charge in [0.25, 0.3) is 0 Å². The fourth-order valence-electron chi connectivity index (χ4n) is 7.43. The van der Waals surface area contributed by atoms with Crippen LogP contribution in [0, 0.1) is 0 Å². The third-order valence-electron chi connectivity index (χ3n) is 10.0. The zero-order chi connectivity index (χ0) is 42.2. The van der Waals surface area contributed by atoms with E-state index in [1.165, 1.54) is 0 Å².